The molecule has 0 spiro atoms. The highest BCUT2D eigenvalue weighted by molar-refractivity contribution is 5.05. The van der Waals surface area contributed by atoms with E-state index in [1.165, 1.54) is 38.5 Å². The Morgan fingerprint density at radius 1 is 0.840 bits per heavy atom. The van der Waals surface area contributed by atoms with Crippen molar-refractivity contribution in [2.75, 3.05) is 13.1 Å². The summed E-state index contributed by atoms with van der Waals surface area (Å²) in [7, 11) is 0. The average molecular weight is 354 g/mol. The second-order valence-electron chi connectivity index (χ2n) is 11.1. The van der Waals surface area contributed by atoms with E-state index in [1.54, 1.807) is 0 Å². The minimum Gasteiger partial charge on any atom is -0.330 e. The quantitative estimate of drug-likeness (QED) is 0.682. The first-order valence-electron chi connectivity index (χ1n) is 10.5. The largest absolute Gasteiger partial charge is 0.330 e. The fourth-order valence-electron chi connectivity index (χ4n) is 6.14. The molecule has 1 atom stereocenters. The van der Waals surface area contributed by atoms with Crippen molar-refractivity contribution in [2.24, 2.45) is 22.8 Å². The number of nitrogens with two attached hydrogens (primary N) is 2. The van der Waals surface area contributed by atoms with Crippen LogP contribution < -0.4 is 11.5 Å². The lowest BCUT2D eigenvalue weighted by Gasteiger charge is -2.61. The van der Waals surface area contributed by atoms with Gasteiger partial charge in [0.05, 0.1) is 0 Å². The molecule has 0 radical (unpaired) electrons. The molecule has 1 rings (SSSR count). The zero-order chi connectivity index (χ0) is 19.5. The van der Waals surface area contributed by atoms with E-state index < -0.39 is 0 Å². The van der Waals surface area contributed by atoms with Crippen LogP contribution in [-0.4, -0.2) is 34.6 Å². The van der Waals surface area contributed by atoms with E-state index in [0.717, 1.165) is 19.5 Å². The lowest BCUT2D eigenvalue weighted by Crippen LogP contribution is -2.66. The molecule has 0 bridgehead atoms. The Kier molecular flexibility index (Phi) is 7.58. The smallest absolute Gasteiger partial charge is 0.0225 e. The van der Waals surface area contributed by atoms with Crippen molar-refractivity contribution >= 4 is 0 Å². The van der Waals surface area contributed by atoms with Crippen LogP contribution in [0.1, 0.15) is 100 Å². The van der Waals surface area contributed by atoms with Gasteiger partial charge in [-0.1, -0.05) is 33.1 Å². The van der Waals surface area contributed by atoms with Gasteiger partial charge >= 0.3 is 0 Å². The van der Waals surface area contributed by atoms with Crippen LogP contribution in [0.25, 0.3) is 0 Å². The van der Waals surface area contributed by atoms with Crippen LogP contribution in [0.2, 0.25) is 0 Å². The maximum Gasteiger partial charge on any atom is 0.0225 e. The van der Waals surface area contributed by atoms with E-state index in [4.69, 9.17) is 11.5 Å². The van der Waals surface area contributed by atoms with Gasteiger partial charge in [-0.05, 0) is 91.6 Å². The third-order valence-corrected chi connectivity index (χ3v) is 6.29. The Balaban J connectivity index is 3.30. The van der Waals surface area contributed by atoms with Crippen molar-refractivity contribution in [3.63, 3.8) is 0 Å². The highest BCUT2D eigenvalue weighted by Crippen LogP contribution is 2.50. The summed E-state index contributed by atoms with van der Waals surface area (Å²) in [6.45, 7) is 20.7. The van der Waals surface area contributed by atoms with E-state index in [2.05, 4.69) is 60.3 Å². The van der Waals surface area contributed by atoms with Gasteiger partial charge in [0.15, 0.2) is 0 Å². The molecule has 150 valence electrons. The monoisotopic (exact) mass is 353 g/mol. The molecule has 0 heterocycles. The molecule has 0 aliphatic heterocycles. The van der Waals surface area contributed by atoms with Crippen molar-refractivity contribution in [1.82, 2.24) is 4.90 Å². The Morgan fingerprint density at radius 2 is 1.32 bits per heavy atom. The molecule has 1 aliphatic rings. The summed E-state index contributed by atoms with van der Waals surface area (Å²) in [5, 5.41) is 0. The zero-order valence-electron chi connectivity index (χ0n) is 18.5. The fraction of sp³-hybridized carbons (Fsp3) is 1.00. The summed E-state index contributed by atoms with van der Waals surface area (Å²) >= 11 is 0. The van der Waals surface area contributed by atoms with Gasteiger partial charge in [-0.15, -0.1) is 0 Å². The zero-order valence-corrected chi connectivity index (χ0v) is 18.5. The van der Waals surface area contributed by atoms with Gasteiger partial charge in [-0.25, -0.2) is 0 Å². The minimum atomic E-state index is 0.151. The summed E-state index contributed by atoms with van der Waals surface area (Å²) in [5.41, 5.74) is 12.8. The number of hydrogen-bond acceptors (Lipinski definition) is 3. The first-order valence-corrected chi connectivity index (χ1v) is 10.5. The SMILES string of the molecule is CC(C)(CC1(N(C(C)(C)C)C(C)(C)C)CCCCC1)C(CN)CCN. The molecule has 3 nitrogen and oxygen atoms in total. The molecular formula is C22H47N3. The fourth-order valence-corrected chi connectivity index (χ4v) is 6.14. The van der Waals surface area contributed by atoms with E-state index in [0.29, 0.717) is 5.92 Å². The second kappa shape index (κ2) is 8.27. The van der Waals surface area contributed by atoms with Crippen molar-refractivity contribution in [2.45, 2.75) is 117 Å². The minimum absolute atomic E-state index is 0.151. The summed E-state index contributed by atoms with van der Waals surface area (Å²) < 4.78 is 0. The number of hydrogen-bond donors (Lipinski definition) is 2. The van der Waals surface area contributed by atoms with Crippen LogP contribution in [0.3, 0.4) is 0 Å². The molecule has 0 aromatic rings. The van der Waals surface area contributed by atoms with Crippen molar-refractivity contribution in [3.8, 4) is 0 Å². The van der Waals surface area contributed by atoms with Crippen LogP contribution in [0, 0.1) is 11.3 Å². The van der Waals surface area contributed by atoms with E-state index in [-0.39, 0.29) is 22.0 Å². The van der Waals surface area contributed by atoms with E-state index in [1.807, 2.05) is 0 Å². The molecule has 3 heteroatoms. The van der Waals surface area contributed by atoms with Gasteiger partial charge in [0, 0.05) is 16.6 Å². The van der Waals surface area contributed by atoms with Crippen LogP contribution in [0.15, 0.2) is 0 Å². The van der Waals surface area contributed by atoms with Crippen LogP contribution in [0.5, 0.6) is 0 Å². The molecule has 0 aromatic carbocycles. The summed E-state index contributed by atoms with van der Waals surface area (Å²) in [4.78, 5) is 2.85. The Hall–Kier alpha value is -0.120. The Bertz CT molecular complexity index is 380. The molecule has 1 fully saturated rings. The van der Waals surface area contributed by atoms with Crippen molar-refractivity contribution in [1.29, 1.82) is 0 Å². The maximum atomic E-state index is 6.17. The molecule has 1 unspecified atom stereocenters. The third kappa shape index (κ3) is 5.68. The standard InChI is InChI=1S/C22H47N3/c1-19(2,3)25(20(4,5)6)22(13-10-9-11-14-22)17-21(7,8)18(16-24)12-15-23/h18H,9-17,23-24H2,1-8H3. The second-order valence-corrected chi connectivity index (χ2v) is 11.1. The topological polar surface area (TPSA) is 55.3 Å². The van der Waals surface area contributed by atoms with Gasteiger partial charge in [0.1, 0.15) is 0 Å². The predicted molar refractivity (Wildman–Crippen MR) is 112 cm³/mol. The highest BCUT2D eigenvalue weighted by atomic mass is 15.3. The van der Waals surface area contributed by atoms with Gasteiger partial charge in [-0.2, -0.15) is 0 Å². The molecule has 0 amide bonds. The van der Waals surface area contributed by atoms with E-state index >= 15 is 0 Å². The predicted octanol–water partition coefficient (Wildman–Crippen LogP) is 4.93. The molecule has 4 N–H and O–H groups in total. The lowest BCUT2D eigenvalue weighted by atomic mass is 9.63. The molecule has 25 heavy (non-hydrogen) atoms. The average Bonchev–Trinajstić information content (AvgIpc) is 2.41. The normalized spacial score (nSPS) is 20.8. The third-order valence-electron chi connectivity index (χ3n) is 6.29. The van der Waals surface area contributed by atoms with Crippen LogP contribution in [0.4, 0.5) is 0 Å². The van der Waals surface area contributed by atoms with E-state index in [9.17, 15) is 0 Å². The maximum absolute atomic E-state index is 6.17. The highest BCUT2D eigenvalue weighted by Gasteiger charge is 2.50. The van der Waals surface area contributed by atoms with Crippen LogP contribution >= 0.6 is 0 Å². The summed E-state index contributed by atoms with van der Waals surface area (Å²) in [5.74, 6) is 0.498. The molecular weight excluding hydrogens is 306 g/mol. The van der Waals surface area contributed by atoms with Gasteiger partial charge < -0.3 is 11.5 Å². The Morgan fingerprint density at radius 3 is 1.68 bits per heavy atom. The van der Waals surface area contributed by atoms with Gasteiger partial charge in [0.2, 0.25) is 0 Å². The lowest BCUT2D eigenvalue weighted by molar-refractivity contribution is -0.107. The van der Waals surface area contributed by atoms with Crippen LogP contribution in [-0.2, 0) is 0 Å². The summed E-state index contributed by atoms with van der Waals surface area (Å²) in [6, 6.07) is 0. The van der Waals surface area contributed by atoms with Gasteiger partial charge in [0.25, 0.3) is 0 Å². The molecule has 0 aromatic heterocycles. The van der Waals surface area contributed by atoms with Crippen molar-refractivity contribution < 1.29 is 0 Å². The Labute approximate surface area is 158 Å². The summed E-state index contributed by atoms with van der Waals surface area (Å²) in [6.07, 6.45) is 8.95. The molecule has 1 aliphatic carbocycles. The number of nitrogens with zero attached hydrogens (tertiary/aromatic N) is 1. The molecule has 0 saturated heterocycles. The van der Waals surface area contributed by atoms with Crippen molar-refractivity contribution in [3.05, 3.63) is 0 Å². The molecule has 1 saturated carbocycles. The first kappa shape index (κ1) is 22.9. The number of rotatable bonds is 7. The van der Waals surface area contributed by atoms with Gasteiger partial charge in [-0.3, -0.25) is 4.90 Å². The first-order chi connectivity index (χ1) is 11.3.